The number of carbonyl (C=O) groups is 1. The van der Waals surface area contributed by atoms with Gasteiger partial charge in [-0.1, -0.05) is 44.7 Å². The zero-order valence-electron chi connectivity index (χ0n) is 18.3. The highest BCUT2D eigenvalue weighted by molar-refractivity contribution is 5.95. The van der Waals surface area contributed by atoms with E-state index < -0.39 is 17.5 Å². The van der Waals surface area contributed by atoms with Gasteiger partial charge in [0.05, 0.1) is 12.7 Å². The molecule has 31 heavy (non-hydrogen) atoms. The second kappa shape index (κ2) is 11.1. The maximum absolute atomic E-state index is 14.9. The van der Waals surface area contributed by atoms with Crippen LogP contribution in [0.1, 0.15) is 66.9 Å². The third-order valence-electron chi connectivity index (χ3n) is 5.82. The highest BCUT2D eigenvalue weighted by Crippen LogP contribution is 2.30. The van der Waals surface area contributed by atoms with Crippen molar-refractivity contribution >= 4 is 5.91 Å². The monoisotopic (exact) mass is 431 g/mol. The van der Waals surface area contributed by atoms with Gasteiger partial charge in [0.25, 0.3) is 5.91 Å². The summed E-state index contributed by atoms with van der Waals surface area (Å²) in [6.07, 6.45) is 6.87. The number of benzene rings is 2. The zero-order valence-corrected chi connectivity index (χ0v) is 18.3. The highest BCUT2D eigenvalue weighted by atomic mass is 19.2. The molecule has 1 aliphatic carbocycles. The Kier molecular flexibility index (Phi) is 8.27. The molecule has 0 aromatic heterocycles. The number of hydrogen-bond donors (Lipinski definition) is 1. The smallest absolute Gasteiger partial charge is 0.254 e. The normalized spacial score (nSPS) is 14.3. The third kappa shape index (κ3) is 5.96. The first-order chi connectivity index (χ1) is 15.0. The number of halogens is 2. The fraction of sp³-hybridized carbons (Fsp3) is 0.480. The molecule has 168 valence electrons. The van der Waals surface area contributed by atoms with Crippen molar-refractivity contribution in [1.29, 1.82) is 0 Å². The van der Waals surface area contributed by atoms with Gasteiger partial charge in [-0.05, 0) is 54.5 Å². The van der Waals surface area contributed by atoms with Crippen LogP contribution in [0.15, 0.2) is 30.3 Å². The molecule has 1 fully saturated rings. The minimum atomic E-state index is -1.16. The van der Waals surface area contributed by atoms with E-state index in [0.29, 0.717) is 36.6 Å². The second-order valence-corrected chi connectivity index (χ2v) is 8.14. The Morgan fingerprint density at radius 2 is 1.81 bits per heavy atom. The van der Waals surface area contributed by atoms with Crippen molar-refractivity contribution in [2.24, 2.45) is 5.92 Å². The molecule has 2 aromatic carbocycles. The molecular formula is C25H31F2NO3. The van der Waals surface area contributed by atoms with Gasteiger partial charge < -0.3 is 14.8 Å². The largest absolute Gasteiger partial charge is 0.497 e. The van der Waals surface area contributed by atoms with E-state index in [2.05, 4.69) is 5.32 Å². The van der Waals surface area contributed by atoms with E-state index in [4.69, 9.17) is 9.47 Å². The molecule has 0 saturated heterocycles. The standard InChI is InChI=1S/C25H31F2NO3/c1-3-7-19-14-21(25(29)28-15-17-8-5-4-6-9-17)22(26)23(27)24(19)31-16-18-10-12-20(30-2)13-11-18/h10-14,17H,3-9,15-16H2,1-2H3,(H,28,29). The first-order valence-corrected chi connectivity index (χ1v) is 11.1. The molecule has 0 unspecified atom stereocenters. The van der Waals surface area contributed by atoms with Crippen LogP contribution in [0.3, 0.4) is 0 Å². The van der Waals surface area contributed by atoms with Crippen molar-refractivity contribution in [3.63, 3.8) is 0 Å². The van der Waals surface area contributed by atoms with Crippen LogP contribution >= 0.6 is 0 Å². The molecule has 3 rings (SSSR count). The zero-order chi connectivity index (χ0) is 22.2. The number of rotatable bonds is 9. The number of methoxy groups -OCH3 is 1. The Hall–Kier alpha value is -2.63. The molecule has 1 aliphatic rings. The van der Waals surface area contributed by atoms with Gasteiger partial charge in [-0.3, -0.25) is 4.79 Å². The van der Waals surface area contributed by atoms with Crippen molar-refractivity contribution in [3.8, 4) is 11.5 Å². The molecule has 1 saturated carbocycles. The number of aryl methyl sites for hydroxylation is 1. The lowest BCUT2D eigenvalue weighted by atomic mass is 9.89. The minimum absolute atomic E-state index is 0.0876. The lowest BCUT2D eigenvalue weighted by Crippen LogP contribution is -2.31. The van der Waals surface area contributed by atoms with Crippen LogP contribution in [0.4, 0.5) is 8.78 Å². The molecule has 4 nitrogen and oxygen atoms in total. The first kappa shape index (κ1) is 23.0. The maximum atomic E-state index is 14.9. The number of carbonyl (C=O) groups excluding carboxylic acids is 1. The number of hydrogen-bond acceptors (Lipinski definition) is 3. The van der Waals surface area contributed by atoms with Crippen LogP contribution in [0.25, 0.3) is 0 Å². The maximum Gasteiger partial charge on any atom is 0.254 e. The summed E-state index contributed by atoms with van der Waals surface area (Å²) >= 11 is 0. The summed E-state index contributed by atoms with van der Waals surface area (Å²) < 4.78 is 40.5. The van der Waals surface area contributed by atoms with Gasteiger partial charge in [0, 0.05) is 6.54 Å². The summed E-state index contributed by atoms with van der Waals surface area (Å²) in [5.41, 5.74) is 1.05. The van der Waals surface area contributed by atoms with E-state index in [0.717, 1.165) is 31.2 Å². The summed E-state index contributed by atoms with van der Waals surface area (Å²) in [5.74, 6) is -1.85. The molecule has 0 aliphatic heterocycles. The Balaban J connectivity index is 1.75. The lowest BCUT2D eigenvalue weighted by Gasteiger charge is -2.22. The van der Waals surface area contributed by atoms with Gasteiger partial charge in [-0.25, -0.2) is 4.39 Å². The van der Waals surface area contributed by atoms with Crippen molar-refractivity contribution in [2.75, 3.05) is 13.7 Å². The molecule has 0 radical (unpaired) electrons. The summed E-state index contributed by atoms with van der Waals surface area (Å²) in [5, 5.41) is 2.80. The van der Waals surface area contributed by atoms with E-state index >= 15 is 0 Å². The van der Waals surface area contributed by atoms with Gasteiger partial charge in [-0.2, -0.15) is 4.39 Å². The van der Waals surface area contributed by atoms with Crippen LogP contribution in [-0.4, -0.2) is 19.6 Å². The molecule has 2 aromatic rings. The molecule has 0 bridgehead atoms. The van der Waals surface area contributed by atoms with Crippen LogP contribution < -0.4 is 14.8 Å². The van der Waals surface area contributed by atoms with Crippen LogP contribution in [0.2, 0.25) is 0 Å². The average Bonchev–Trinajstić information content (AvgIpc) is 2.80. The predicted molar refractivity (Wildman–Crippen MR) is 117 cm³/mol. The van der Waals surface area contributed by atoms with E-state index in [-0.39, 0.29) is 17.9 Å². The minimum Gasteiger partial charge on any atom is -0.497 e. The fourth-order valence-electron chi connectivity index (χ4n) is 4.04. The Bertz CT molecular complexity index is 877. The third-order valence-corrected chi connectivity index (χ3v) is 5.82. The van der Waals surface area contributed by atoms with Gasteiger partial charge >= 0.3 is 0 Å². The summed E-state index contributed by atoms with van der Waals surface area (Å²) in [6.45, 7) is 2.53. The lowest BCUT2D eigenvalue weighted by molar-refractivity contribution is 0.0938. The van der Waals surface area contributed by atoms with Crippen LogP contribution in [0.5, 0.6) is 11.5 Å². The van der Waals surface area contributed by atoms with E-state index in [1.54, 1.807) is 31.4 Å². The van der Waals surface area contributed by atoms with Crippen LogP contribution in [-0.2, 0) is 13.0 Å². The van der Waals surface area contributed by atoms with Gasteiger partial charge in [0.1, 0.15) is 12.4 Å². The Labute approximate surface area is 182 Å². The average molecular weight is 432 g/mol. The molecule has 1 amide bonds. The Morgan fingerprint density at radius 1 is 1.10 bits per heavy atom. The van der Waals surface area contributed by atoms with Gasteiger partial charge in [0.15, 0.2) is 11.6 Å². The van der Waals surface area contributed by atoms with E-state index in [9.17, 15) is 13.6 Å². The van der Waals surface area contributed by atoms with Crippen molar-refractivity contribution in [2.45, 2.75) is 58.5 Å². The summed E-state index contributed by atoms with van der Waals surface area (Å²) in [7, 11) is 1.58. The van der Waals surface area contributed by atoms with Gasteiger partial charge in [0.2, 0.25) is 5.82 Å². The van der Waals surface area contributed by atoms with Crippen molar-refractivity contribution < 1.29 is 23.0 Å². The number of amides is 1. The molecule has 0 atom stereocenters. The Morgan fingerprint density at radius 3 is 2.45 bits per heavy atom. The molecule has 6 heteroatoms. The molecule has 1 N–H and O–H groups in total. The number of ether oxygens (including phenoxy) is 2. The van der Waals surface area contributed by atoms with Gasteiger partial charge in [-0.15, -0.1) is 0 Å². The topological polar surface area (TPSA) is 47.6 Å². The van der Waals surface area contributed by atoms with E-state index in [1.807, 2.05) is 6.92 Å². The summed E-state index contributed by atoms with van der Waals surface area (Å²) in [6, 6.07) is 8.60. The second-order valence-electron chi connectivity index (χ2n) is 8.14. The summed E-state index contributed by atoms with van der Waals surface area (Å²) in [4.78, 5) is 12.6. The van der Waals surface area contributed by atoms with E-state index in [1.165, 1.54) is 12.5 Å². The quantitative estimate of drug-likeness (QED) is 0.545. The van der Waals surface area contributed by atoms with Crippen molar-refractivity contribution in [3.05, 3.63) is 58.7 Å². The molecular weight excluding hydrogens is 400 g/mol. The molecule has 0 spiro atoms. The number of nitrogens with one attached hydrogen (secondary N) is 1. The fourth-order valence-corrected chi connectivity index (χ4v) is 4.04. The SMILES string of the molecule is CCCc1cc(C(=O)NCC2CCCCC2)c(F)c(F)c1OCc1ccc(OC)cc1. The highest BCUT2D eigenvalue weighted by Gasteiger charge is 2.24. The van der Waals surface area contributed by atoms with Crippen molar-refractivity contribution in [1.82, 2.24) is 5.32 Å². The van der Waals surface area contributed by atoms with Crippen LogP contribution in [0, 0.1) is 17.6 Å². The molecule has 0 heterocycles. The predicted octanol–water partition coefficient (Wildman–Crippen LogP) is 5.82. The first-order valence-electron chi connectivity index (χ1n) is 11.1.